The zero-order valence-electron chi connectivity index (χ0n) is 20.9. The van der Waals surface area contributed by atoms with Crippen molar-refractivity contribution in [2.75, 3.05) is 7.11 Å². The first kappa shape index (κ1) is 21.7. The number of H-pyrrole nitrogens is 1. The van der Waals surface area contributed by atoms with E-state index in [1.54, 1.807) is 42.5 Å². The second-order valence-electron chi connectivity index (χ2n) is 8.03. The SMILES string of the molecule is [2H]Cc1cc(C[C@H](N)C(=O)O)cc(C[2H])c1Oc1ccc2[nH]cc(S(=O)(=O)c3ccc(OC)cc3)c2c1. The van der Waals surface area contributed by atoms with Crippen LogP contribution in [0.2, 0.25) is 0 Å². The highest BCUT2D eigenvalue weighted by molar-refractivity contribution is 7.91. The Morgan fingerprint density at radius 3 is 2.34 bits per heavy atom. The summed E-state index contributed by atoms with van der Waals surface area (Å²) in [5.41, 5.74) is 7.79. The van der Waals surface area contributed by atoms with E-state index in [0.717, 1.165) is 0 Å². The van der Waals surface area contributed by atoms with Crippen molar-refractivity contribution in [2.45, 2.75) is 36.1 Å². The predicted octanol–water partition coefficient (Wildman–Crippen LogP) is 4.37. The third kappa shape index (κ3) is 4.87. The summed E-state index contributed by atoms with van der Waals surface area (Å²) in [5.74, 6) is 0.0463. The first-order valence-electron chi connectivity index (χ1n) is 12.0. The van der Waals surface area contributed by atoms with E-state index < -0.39 is 21.8 Å². The molecule has 35 heavy (non-hydrogen) atoms. The van der Waals surface area contributed by atoms with E-state index in [2.05, 4.69) is 4.98 Å². The molecule has 0 bridgehead atoms. The van der Waals surface area contributed by atoms with Gasteiger partial charge in [0.15, 0.2) is 0 Å². The summed E-state index contributed by atoms with van der Waals surface area (Å²) in [6, 6.07) is 13.3. The van der Waals surface area contributed by atoms with E-state index in [-0.39, 0.29) is 30.0 Å². The molecule has 9 heteroatoms. The Morgan fingerprint density at radius 2 is 1.74 bits per heavy atom. The molecule has 4 rings (SSSR count). The largest absolute Gasteiger partial charge is 0.497 e. The summed E-state index contributed by atoms with van der Waals surface area (Å²) in [4.78, 5) is 14.3. The number of nitrogens with one attached hydrogen (secondary N) is 1. The normalized spacial score (nSPS) is 13.2. The van der Waals surface area contributed by atoms with Crippen LogP contribution in [0.4, 0.5) is 0 Å². The van der Waals surface area contributed by atoms with Crippen molar-refractivity contribution in [2.24, 2.45) is 5.73 Å². The molecule has 0 aliphatic carbocycles. The number of aryl methyl sites for hydroxylation is 2. The highest BCUT2D eigenvalue weighted by atomic mass is 32.2. The van der Waals surface area contributed by atoms with Crippen molar-refractivity contribution in [3.05, 3.63) is 77.5 Å². The van der Waals surface area contributed by atoms with Gasteiger partial charge in [0.2, 0.25) is 9.84 Å². The number of carboxylic acids is 1. The van der Waals surface area contributed by atoms with Crippen molar-refractivity contribution in [3.8, 4) is 17.2 Å². The third-order valence-corrected chi connectivity index (χ3v) is 7.38. The van der Waals surface area contributed by atoms with Crippen LogP contribution in [0.15, 0.2) is 70.6 Å². The number of sulfone groups is 1. The van der Waals surface area contributed by atoms with Gasteiger partial charge in [-0.1, -0.05) is 12.1 Å². The van der Waals surface area contributed by atoms with E-state index in [1.807, 2.05) is 0 Å². The number of aromatic amines is 1. The van der Waals surface area contributed by atoms with Crippen molar-refractivity contribution < 1.29 is 30.5 Å². The molecule has 4 N–H and O–H groups in total. The zero-order chi connectivity index (χ0) is 26.7. The summed E-state index contributed by atoms with van der Waals surface area (Å²) in [6.07, 6.45) is 1.48. The topological polar surface area (TPSA) is 132 Å². The number of hydrogen-bond donors (Lipinski definition) is 3. The minimum absolute atomic E-state index is 0.0531. The quantitative estimate of drug-likeness (QED) is 0.330. The number of carbonyl (C=O) groups is 1. The van der Waals surface area contributed by atoms with Crippen LogP contribution < -0.4 is 15.2 Å². The number of carboxylic acid groups (broad SMARTS) is 1. The number of nitrogens with two attached hydrogens (primary N) is 1. The number of rotatable bonds is 8. The molecule has 182 valence electrons. The van der Waals surface area contributed by atoms with Crippen LogP contribution in [0.1, 0.15) is 19.4 Å². The molecule has 1 atom stereocenters. The summed E-state index contributed by atoms with van der Waals surface area (Å²) >= 11 is 0. The number of aliphatic carboxylic acids is 1. The van der Waals surface area contributed by atoms with E-state index in [9.17, 15) is 13.2 Å². The van der Waals surface area contributed by atoms with E-state index in [4.69, 9.17) is 23.1 Å². The molecule has 0 aliphatic rings. The standard InChI is InChI=1S/C26H26N2O6S/c1-15-10-17(12-22(27)26(29)30)11-16(2)25(15)34-19-6-9-23-21(13-19)24(14-28-23)35(31,32)20-7-4-18(33-3)5-8-20/h4-11,13-14,22,28H,12,27H2,1-3H3,(H,29,30)/t22-/m0/s1/i1D,2D. The molecule has 0 saturated heterocycles. The van der Waals surface area contributed by atoms with Gasteiger partial charge < -0.3 is 25.3 Å². The molecule has 0 unspecified atom stereocenters. The minimum atomic E-state index is -3.85. The predicted molar refractivity (Wildman–Crippen MR) is 132 cm³/mol. The minimum Gasteiger partial charge on any atom is -0.497 e. The van der Waals surface area contributed by atoms with Gasteiger partial charge in [0.25, 0.3) is 0 Å². The lowest BCUT2D eigenvalue weighted by molar-refractivity contribution is -0.138. The van der Waals surface area contributed by atoms with Crippen LogP contribution in [0, 0.1) is 13.8 Å². The summed E-state index contributed by atoms with van der Waals surface area (Å²) in [5, 5.41) is 9.54. The lowest BCUT2D eigenvalue weighted by Gasteiger charge is -2.15. The van der Waals surface area contributed by atoms with Crippen LogP contribution in [-0.2, 0) is 21.1 Å². The van der Waals surface area contributed by atoms with Gasteiger partial charge in [0, 0.05) is 19.8 Å². The van der Waals surface area contributed by atoms with Gasteiger partial charge in [-0.25, -0.2) is 8.42 Å². The Hall–Kier alpha value is -3.82. The number of aromatic nitrogens is 1. The van der Waals surface area contributed by atoms with Crippen molar-refractivity contribution >= 4 is 26.7 Å². The summed E-state index contributed by atoms with van der Waals surface area (Å²) in [6.45, 7) is -0.329. The first-order valence-corrected chi connectivity index (χ1v) is 12.1. The second-order valence-corrected chi connectivity index (χ2v) is 9.95. The monoisotopic (exact) mass is 496 g/mol. The van der Waals surface area contributed by atoms with Crippen molar-refractivity contribution in [1.29, 1.82) is 0 Å². The Morgan fingerprint density at radius 1 is 1.09 bits per heavy atom. The fourth-order valence-electron chi connectivity index (χ4n) is 3.78. The van der Waals surface area contributed by atoms with E-state index >= 15 is 0 Å². The van der Waals surface area contributed by atoms with Gasteiger partial charge in [-0.05, 0) is 79.4 Å². The number of ether oxygens (including phenoxy) is 2. The number of benzene rings is 3. The smallest absolute Gasteiger partial charge is 0.320 e. The molecule has 0 amide bonds. The van der Waals surface area contributed by atoms with Crippen molar-refractivity contribution in [3.63, 3.8) is 0 Å². The Bertz CT molecular complexity index is 1530. The first-order chi connectivity index (χ1) is 17.7. The number of methoxy groups -OCH3 is 1. The highest BCUT2D eigenvalue weighted by Crippen LogP contribution is 2.35. The molecular weight excluding hydrogens is 468 g/mol. The lowest BCUT2D eigenvalue weighted by atomic mass is 10.0. The summed E-state index contributed by atoms with van der Waals surface area (Å²) in [7, 11) is -2.35. The lowest BCUT2D eigenvalue weighted by Crippen LogP contribution is -2.32. The van der Waals surface area contributed by atoms with E-state index in [0.29, 0.717) is 44.8 Å². The van der Waals surface area contributed by atoms with Gasteiger partial charge in [-0.3, -0.25) is 4.79 Å². The zero-order valence-corrected chi connectivity index (χ0v) is 19.8. The van der Waals surface area contributed by atoms with Crippen LogP contribution >= 0.6 is 0 Å². The van der Waals surface area contributed by atoms with Gasteiger partial charge in [0.05, 0.1) is 16.9 Å². The van der Waals surface area contributed by atoms with Gasteiger partial charge in [-0.2, -0.15) is 0 Å². The fourth-order valence-corrected chi connectivity index (χ4v) is 5.20. The average molecular weight is 497 g/mol. The van der Waals surface area contributed by atoms with Crippen LogP contribution in [0.25, 0.3) is 10.9 Å². The molecule has 1 heterocycles. The molecule has 0 spiro atoms. The Labute approximate surface area is 206 Å². The molecule has 0 fully saturated rings. The maximum Gasteiger partial charge on any atom is 0.320 e. The maximum absolute atomic E-state index is 13.3. The van der Waals surface area contributed by atoms with Crippen LogP contribution in [0.3, 0.4) is 0 Å². The molecule has 1 aromatic heterocycles. The Balaban J connectivity index is 1.72. The molecular formula is C26H26N2O6S. The van der Waals surface area contributed by atoms with Gasteiger partial charge in [0.1, 0.15) is 23.3 Å². The fraction of sp³-hybridized carbons (Fsp3) is 0.192. The third-order valence-electron chi connectivity index (χ3n) is 5.57. The molecule has 0 saturated carbocycles. The molecule has 0 radical (unpaired) electrons. The number of hydrogen-bond acceptors (Lipinski definition) is 6. The highest BCUT2D eigenvalue weighted by Gasteiger charge is 2.22. The van der Waals surface area contributed by atoms with E-state index in [1.165, 1.54) is 25.4 Å². The van der Waals surface area contributed by atoms with Crippen LogP contribution in [0.5, 0.6) is 17.2 Å². The molecule has 4 aromatic rings. The summed E-state index contributed by atoms with van der Waals surface area (Å²) < 4.78 is 53.8. The van der Waals surface area contributed by atoms with Crippen molar-refractivity contribution in [1.82, 2.24) is 4.98 Å². The molecule has 3 aromatic carbocycles. The maximum atomic E-state index is 13.3. The molecule has 8 nitrogen and oxygen atoms in total. The average Bonchev–Trinajstić information content (AvgIpc) is 3.33. The number of fused-ring (bicyclic) bond motifs is 1. The van der Waals surface area contributed by atoms with Gasteiger partial charge in [-0.15, -0.1) is 0 Å². The van der Waals surface area contributed by atoms with Gasteiger partial charge >= 0.3 is 5.97 Å². The second kappa shape index (κ2) is 9.44. The van der Waals surface area contributed by atoms with Crippen LogP contribution in [-0.4, -0.2) is 37.6 Å². The Kier molecular flexibility index (Phi) is 5.85. The molecule has 0 aliphatic heterocycles.